The Bertz CT molecular complexity index is 1550. The van der Waals surface area contributed by atoms with Crippen molar-refractivity contribution in [2.75, 3.05) is 13.7 Å². The molecule has 8 heteroatoms. The lowest BCUT2D eigenvalue weighted by atomic mass is 10.1. The van der Waals surface area contributed by atoms with E-state index < -0.39 is 0 Å². The van der Waals surface area contributed by atoms with Gasteiger partial charge in [-0.1, -0.05) is 60.7 Å². The normalized spacial score (nSPS) is 14.6. The molecule has 0 unspecified atom stereocenters. The Hall–Kier alpha value is -4.69. The van der Waals surface area contributed by atoms with Crippen molar-refractivity contribution in [1.29, 1.82) is 0 Å². The molecule has 0 aromatic heterocycles. The molecule has 0 atom stereocenters. The molecule has 41 heavy (non-hydrogen) atoms. The Morgan fingerprint density at radius 3 is 2.17 bits per heavy atom. The lowest BCUT2D eigenvalue weighted by molar-refractivity contribution is -0.115. The number of aliphatic imine (C=N–C) groups is 1. The van der Waals surface area contributed by atoms with Gasteiger partial charge in [-0.25, -0.2) is 4.99 Å². The quantitative estimate of drug-likeness (QED) is 0.194. The Morgan fingerprint density at radius 1 is 0.756 bits per heavy atom. The molecule has 208 valence electrons. The number of thioether (sulfide) groups is 1. The fraction of sp³-hybridized carbons (Fsp3) is 0.152. The zero-order chi connectivity index (χ0) is 28.4. The average Bonchev–Trinajstić information content (AvgIpc) is 3.34. The summed E-state index contributed by atoms with van der Waals surface area (Å²) < 4.78 is 23.5. The minimum atomic E-state index is -0.190. The van der Waals surface area contributed by atoms with E-state index >= 15 is 0 Å². The Labute approximate surface area is 243 Å². The molecule has 1 N–H and O–H groups in total. The average molecular weight is 567 g/mol. The van der Waals surface area contributed by atoms with Crippen molar-refractivity contribution >= 4 is 34.6 Å². The number of rotatable bonds is 11. The number of nitrogens with zero attached hydrogens (tertiary/aromatic N) is 1. The number of amidine groups is 1. The molecule has 0 radical (unpaired) electrons. The van der Waals surface area contributed by atoms with Gasteiger partial charge in [0.2, 0.25) is 0 Å². The van der Waals surface area contributed by atoms with Gasteiger partial charge in [0, 0.05) is 0 Å². The van der Waals surface area contributed by atoms with Crippen LogP contribution in [0.1, 0.15) is 23.6 Å². The molecule has 4 aromatic carbocycles. The highest BCUT2D eigenvalue weighted by atomic mass is 32.2. The first-order valence-corrected chi connectivity index (χ1v) is 14.0. The summed E-state index contributed by atoms with van der Waals surface area (Å²) in [5.74, 6) is 2.31. The van der Waals surface area contributed by atoms with Crippen LogP contribution in [0, 0.1) is 0 Å². The van der Waals surface area contributed by atoms with Crippen LogP contribution in [0.15, 0.2) is 107 Å². The highest BCUT2D eigenvalue weighted by Crippen LogP contribution is 2.34. The number of para-hydroxylation sites is 1. The van der Waals surface area contributed by atoms with E-state index in [1.54, 1.807) is 7.11 Å². The van der Waals surface area contributed by atoms with Gasteiger partial charge in [0.25, 0.3) is 5.91 Å². The van der Waals surface area contributed by atoms with Crippen LogP contribution in [0.2, 0.25) is 0 Å². The number of amides is 1. The van der Waals surface area contributed by atoms with E-state index in [9.17, 15) is 4.79 Å². The maximum absolute atomic E-state index is 12.5. The third-order valence-corrected chi connectivity index (χ3v) is 6.97. The van der Waals surface area contributed by atoms with Crippen LogP contribution in [0.3, 0.4) is 0 Å². The molecule has 1 fully saturated rings. The molecule has 7 nitrogen and oxygen atoms in total. The Kier molecular flexibility index (Phi) is 9.23. The number of carbonyl (C=O) groups is 1. The molecule has 1 aliphatic rings. The van der Waals surface area contributed by atoms with Crippen LogP contribution < -0.4 is 24.3 Å². The summed E-state index contributed by atoms with van der Waals surface area (Å²) in [6, 6.07) is 30.9. The first-order chi connectivity index (χ1) is 20.1. The fourth-order valence-electron chi connectivity index (χ4n) is 4.07. The molecule has 1 heterocycles. The van der Waals surface area contributed by atoms with E-state index in [-0.39, 0.29) is 5.91 Å². The summed E-state index contributed by atoms with van der Waals surface area (Å²) in [4.78, 5) is 17.6. The van der Waals surface area contributed by atoms with Gasteiger partial charge in [0.1, 0.15) is 13.2 Å². The molecule has 4 aromatic rings. The highest BCUT2D eigenvalue weighted by molar-refractivity contribution is 8.18. The van der Waals surface area contributed by atoms with Crippen molar-refractivity contribution in [3.05, 3.63) is 119 Å². The Balaban J connectivity index is 1.25. The summed E-state index contributed by atoms with van der Waals surface area (Å²) in [6.07, 6.45) is 1.81. The zero-order valence-corrected chi connectivity index (χ0v) is 23.6. The zero-order valence-electron chi connectivity index (χ0n) is 22.8. The third kappa shape index (κ3) is 7.49. The van der Waals surface area contributed by atoms with E-state index in [2.05, 4.69) is 10.3 Å². The molecule has 1 aliphatic heterocycles. The molecule has 1 amide bonds. The summed E-state index contributed by atoms with van der Waals surface area (Å²) in [7, 11) is 1.59. The summed E-state index contributed by atoms with van der Waals surface area (Å²) in [5, 5.41) is 3.36. The maximum Gasteiger partial charge on any atom is 0.264 e. The van der Waals surface area contributed by atoms with Gasteiger partial charge in [-0.3, -0.25) is 4.79 Å². The van der Waals surface area contributed by atoms with Gasteiger partial charge in [-0.05, 0) is 77.9 Å². The lowest BCUT2D eigenvalue weighted by Crippen LogP contribution is -2.19. The molecular weight excluding hydrogens is 536 g/mol. The van der Waals surface area contributed by atoms with Gasteiger partial charge in [-0.2, -0.15) is 0 Å². The van der Waals surface area contributed by atoms with E-state index in [0.29, 0.717) is 52.9 Å². The second-order valence-corrected chi connectivity index (χ2v) is 10.0. The number of ether oxygens (including phenoxy) is 4. The lowest BCUT2D eigenvalue weighted by Gasteiger charge is -2.15. The molecule has 5 rings (SSSR count). The summed E-state index contributed by atoms with van der Waals surface area (Å²) >= 11 is 1.30. The number of nitrogens with one attached hydrogen (secondary N) is 1. The first kappa shape index (κ1) is 27.9. The molecular formula is C33H30N2O5S. The van der Waals surface area contributed by atoms with Crippen LogP contribution >= 0.6 is 11.8 Å². The number of hydrogen-bond donors (Lipinski definition) is 1. The van der Waals surface area contributed by atoms with Crippen molar-refractivity contribution in [3.8, 4) is 23.0 Å². The van der Waals surface area contributed by atoms with Crippen molar-refractivity contribution in [2.45, 2.75) is 20.1 Å². The van der Waals surface area contributed by atoms with Crippen molar-refractivity contribution in [2.24, 2.45) is 4.99 Å². The smallest absolute Gasteiger partial charge is 0.264 e. The molecule has 0 aliphatic carbocycles. The molecule has 1 saturated heterocycles. The fourth-order valence-corrected chi connectivity index (χ4v) is 4.91. The standard InChI is InChI=1S/C33H30N2O5S/c1-3-38-30-19-25(15-17-28(30)39-21-23-10-6-4-7-11-23)22-40-27-16-14-24(18-29(27)37-2)20-31-32(36)35-33(41-31)34-26-12-8-5-9-13-26/h4-20H,3,21-22H2,1-2H3,(H,34,35,36)/b31-20+. The third-order valence-electron chi connectivity index (χ3n) is 6.06. The minimum Gasteiger partial charge on any atom is -0.493 e. The second-order valence-electron chi connectivity index (χ2n) is 9.00. The van der Waals surface area contributed by atoms with E-state index in [1.165, 1.54) is 11.8 Å². The van der Waals surface area contributed by atoms with Gasteiger partial charge in [0.05, 0.1) is 24.3 Å². The number of methoxy groups -OCH3 is 1. The van der Waals surface area contributed by atoms with Crippen LogP contribution in [0.4, 0.5) is 5.69 Å². The van der Waals surface area contributed by atoms with Crippen LogP contribution in [0.5, 0.6) is 23.0 Å². The first-order valence-electron chi connectivity index (χ1n) is 13.2. The van der Waals surface area contributed by atoms with Crippen LogP contribution in [0.25, 0.3) is 6.08 Å². The number of carbonyl (C=O) groups excluding carboxylic acids is 1. The Morgan fingerprint density at radius 2 is 1.44 bits per heavy atom. The highest BCUT2D eigenvalue weighted by Gasteiger charge is 2.24. The van der Waals surface area contributed by atoms with Gasteiger partial charge < -0.3 is 24.3 Å². The largest absolute Gasteiger partial charge is 0.493 e. The monoisotopic (exact) mass is 566 g/mol. The second kappa shape index (κ2) is 13.6. The summed E-state index contributed by atoms with van der Waals surface area (Å²) in [5.41, 5.74) is 3.60. The number of benzene rings is 4. The molecule has 0 bridgehead atoms. The van der Waals surface area contributed by atoms with Crippen molar-refractivity contribution in [3.63, 3.8) is 0 Å². The van der Waals surface area contributed by atoms with E-state index in [4.69, 9.17) is 18.9 Å². The predicted octanol–water partition coefficient (Wildman–Crippen LogP) is 7.14. The maximum atomic E-state index is 12.5. The summed E-state index contributed by atoms with van der Waals surface area (Å²) in [6.45, 7) is 3.23. The predicted molar refractivity (Wildman–Crippen MR) is 163 cm³/mol. The SMILES string of the molecule is CCOc1cc(COc2ccc(/C=C3/SC(=Nc4ccccc4)NC3=O)cc2OC)ccc1OCc1ccccc1. The van der Waals surface area contributed by atoms with E-state index in [0.717, 1.165) is 22.4 Å². The van der Waals surface area contributed by atoms with Crippen LogP contribution in [-0.2, 0) is 18.0 Å². The number of hydrogen-bond acceptors (Lipinski definition) is 7. The van der Waals surface area contributed by atoms with E-state index in [1.807, 2.05) is 110 Å². The van der Waals surface area contributed by atoms with Crippen molar-refractivity contribution < 1.29 is 23.7 Å². The minimum absolute atomic E-state index is 0.190. The van der Waals surface area contributed by atoms with Gasteiger partial charge in [-0.15, -0.1) is 0 Å². The van der Waals surface area contributed by atoms with Gasteiger partial charge >= 0.3 is 0 Å². The van der Waals surface area contributed by atoms with Crippen molar-refractivity contribution in [1.82, 2.24) is 5.32 Å². The van der Waals surface area contributed by atoms with Crippen LogP contribution in [-0.4, -0.2) is 24.8 Å². The topological polar surface area (TPSA) is 78.4 Å². The molecule has 0 saturated carbocycles. The van der Waals surface area contributed by atoms with Gasteiger partial charge in [0.15, 0.2) is 28.2 Å². The molecule has 0 spiro atoms.